The molecule has 0 aromatic heterocycles. The molecule has 0 spiro atoms. The molecule has 2 atom stereocenters. The number of aliphatic hydroxyl groups is 1. The van der Waals surface area contributed by atoms with Crippen molar-refractivity contribution in [3.05, 3.63) is 34.9 Å². The Labute approximate surface area is 100 Å². The summed E-state index contributed by atoms with van der Waals surface area (Å²) < 4.78 is 65.8. The topological polar surface area (TPSA) is 46.2 Å². The quantitative estimate of drug-likeness (QED) is 0.810. The smallest absolute Gasteiger partial charge is 0.375 e. The molecule has 0 aliphatic carbocycles. The summed E-state index contributed by atoms with van der Waals surface area (Å²) in [6.45, 7) is 1.99. The number of benzene rings is 1. The first-order valence-electron chi connectivity index (χ1n) is 5.03. The Balaban J connectivity index is 3.65. The second-order valence-corrected chi connectivity index (χ2v) is 4.11. The third-order valence-electron chi connectivity index (χ3n) is 2.76. The lowest BCUT2D eigenvalue weighted by molar-refractivity contribution is -0.274. The predicted molar refractivity (Wildman–Crippen MR) is 54.7 cm³/mol. The van der Waals surface area contributed by atoms with Crippen LogP contribution in [-0.2, 0) is 5.60 Å². The van der Waals surface area contributed by atoms with Gasteiger partial charge in [-0.25, -0.2) is 8.78 Å². The number of hydrogen-bond acceptors (Lipinski definition) is 2. The van der Waals surface area contributed by atoms with Gasteiger partial charge in [0, 0.05) is 6.04 Å². The molecule has 102 valence electrons. The molecule has 7 heteroatoms. The Bertz CT molecular complexity index is 457. The van der Waals surface area contributed by atoms with Gasteiger partial charge in [0.1, 0.15) is 11.6 Å². The van der Waals surface area contributed by atoms with Crippen LogP contribution < -0.4 is 5.73 Å². The van der Waals surface area contributed by atoms with Crippen molar-refractivity contribution in [2.24, 2.45) is 5.73 Å². The minimum atomic E-state index is -5.30. The maximum atomic E-state index is 13.7. The summed E-state index contributed by atoms with van der Waals surface area (Å²) >= 11 is 0. The Morgan fingerprint density at radius 3 is 2.11 bits per heavy atom. The van der Waals surface area contributed by atoms with E-state index >= 15 is 0 Å². The minimum Gasteiger partial charge on any atom is -0.375 e. The van der Waals surface area contributed by atoms with Crippen molar-refractivity contribution in [3.8, 4) is 0 Å². The molecule has 0 aliphatic rings. The third kappa shape index (κ3) is 2.08. The van der Waals surface area contributed by atoms with Gasteiger partial charge in [-0.2, -0.15) is 13.2 Å². The van der Waals surface area contributed by atoms with E-state index in [9.17, 15) is 27.1 Å². The van der Waals surface area contributed by atoms with Crippen LogP contribution >= 0.6 is 0 Å². The van der Waals surface area contributed by atoms with Crippen molar-refractivity contribution in [2.45, 2.75) is 31.7 Å². The fourth-order valence-corrected chi connectivity index (χ4v) is 1.63. The van der Waals surface area contributed by atoms with Crippen LogP contribution in [0.4, 0.5) is 22.0 Å². The zero-order valence-corrected chi connectivity index (χ0v) is 9.65. The maximum Gasteiger partial charge on any atom is 0.423 e. The van der Waals surface area contributed by atoms with E-state index in [1.165, 1.54) is 0 Å². The minimum absolute atomic E-state index is 0.213. The summed E-state index contributed by atoms with van der Waals surface area (Å²) in [5.41, 5.74) is -0.378. The molecule has 2 unspecified atom stereocenters. The van der Waals surface area contributed by atoms with E-state index in [4.69, 9.17) is 5.73 Å². The van der Waals surface area contributed by atoms with Gasteiger partial charge in [-0.15, -0.1) is 0 Å². The summed E-state index contributed by atoms with van der Waals surface area (Å²) in [5, 5.41) is 9.65. The average molecular weight is 269 g/mol. The second kappa shape index (κ2) is 4.47. The number of alkyl halides is 3. The van der Waals surface area contributed by atoms with E-state index in [1.807, 2.05) is 0 Å². The Morgan fingerprint density at radius 2 is 1.72 bits per heavy atom. The summed E-state index contributed by atoms with van der Waals surface area (Å²) in [6.07, 6.45) is -5.30. The molecule has 0 saturated heterocycles. The van der Waals surface area contributed by atoms with Crippen molar-refractivity contribution in [1.82, 2.24) is 0 Å². The summed E-state index contributed by atoms with van der Waals surface area (Å²) in [7, 11) is 0. The first-order valence-corrected chi connectivity index (χ1v) is 5.03. The molecular weight excluding hydrogens is 257 g/mol. The fraction of sp³-hybridized carbons (Fsp3) is 0.455. The molecule has 0 fully saturated rings. The lowest BCUT2D eigenvalue weighted by Crippen LogP contribution is -2.55. The molecule has 3 N–H and O–H groups in total. The van der Waals surface area contributed by atoms with E-state index in [2.05, 4.69) is 0 Å². The van der Waals surface area contributed by atoms with Crippen LogP contribution in [0.2, 0.25) is 0 Å². The highest BCUT2D eigenvalue weighted by Crippen LogP contribution is 2.43. The first kappa shape index (κ1) is 14.8. The van der Waals surface area contributed by atoms with Crippen LogP contribution in [-0.4, -0.2) is 17.3 Å². The second-order valence-electron chi connectivity index (χ2n) is 4.11. The number of rotatable bonds is 2. The van der Waals surface area contributed by atoms with E-state index in [-0.39, 0.29) is 5.56 Å². The van der Waals surface area contributed by atoms with Gasteiger partial charge in [-0.05, 0) is 25.5 Å². The van der Waals surface area contributed by atoms with E-state index in [0.717, 1.165) is 19.9 Å². The fourth-order valence-electron chi connectivity index (χ4n) is 1.63. The highest BCUT2D eigenvalue weighted by molar-refractivity contribution is 5.34. The largest absolute Gasteiger partial charge is 0.423 e. The lowest BCUT2D eigenvalue weighted by atomic mass is 9.85. The molecule has 0 aliphatic heterocycles. The van der Waals surface area contributed by atoms with E-state index in [1.54, 1.807) is 0 Å². The highest BCUT2D eigenvalue weighted by atomic mass is 19.4. The van der Waals surface area contributed by atoms with Crippen molar-refractivity contribution < 1.29 is 27.1 Å². The molecule has 0 radical (unpaired) electrons. The van der Waals surface area contributed by atoms with Gasteiger partial charge in [0.15, 0.2) is 0 Å². The molecule has 18 heavy (non-hydrogen) atoms. The Kier molecular flexibility index (Phi) is 3.69. The predicted octanol–water partition coefficient (Wildman–Crippen LogP) is 2.37. The van der Waals surface area contributed by atoms with Crippen LogP contribution in [0.3, 0.4) is 0 Å². The molecule has 2 nitrogen and oxygen atoms in total. The van der Waals surface area contributed by atoms with E-state index < -0.39 is 35.0 Å². The molecule has 0 amide bonds. The highest BCUT2D eigenvalue weighted by Gasteiger charge is 2.60. The van der Waals surface area contributed by atoms with Crippen molar-refractivity contribution >= 4 is 0 Å². The van der Waals surface area contributed by atoms with Crippen LogP contribution in [0.15, 0.2) is 12.1 Å². The van der Waals surface area contributed by atoms with Gasteiger partial charge in [0.25, 0.3) is 0 Å². The number of nitrogens with two attached hydrogens (primary N) is 1. The zero-order valence-electron chi connectivity index (χ0n) is 9.65. The summed E-state index contributed by atoms with van der Waals surface area (Å²) in [4.78, 5) is 0. The molecule has 0 heterocycles. The molecular formula is C11H12F5NO. The monoisotopic (exact) mass is 269 g/mol. The van der Waals surface area contributed by atoms with Gasteiger partial charge in [-0.1, -0.05) is 6.07 Å². The van der Waals surface area contributed by atoms with Gasteiger partial charge in [-0.3, -0.25) is 0 Å². The van der Waals surface area contributed by atoms with Gasteiger partial charge < -0.3 is 10.8 Å². The lowest BCUT2D eigenvalue weighted by Gasteiger charge is -2.34. The molecule has 1 aromatic rings. The molecule has 1 aromatic carbocycles. The van der Waals surface area contributed by atoms with Gasteiger partial charge in [0.05, 0.1) is 5.56 Å². The molecule has 1 rings (SSSR count). The maximum absolute atomic E-state index is 13.7. The van der Waals surface area contributed by atoms with Crippen LogP contribution in [0, 0.1) is 18.6 Å². The Morgan fingerprint density at radius 1 is 1.22 bits per heavy atom. The molecule has 0 saturated carbocycles. The zero-order chi connectivity index (χ0) is 14.3. The van der Waals surface area contributed by atoms with Crippen LogP contribution in [0.25, 0.3) is 0 Å². The summed E-state index contributed by atoms with van der Waals surface area (Å²) in [5.74, 6) is -2.94. The molecule has 0 bridgehead atoms. The normalized spacial score (nSPS) is 17.4. The number of hydrogen-bond donors (Lipinski definition) is 2. The van der Waals surface area contributed by atoms with Crippen LogP contribution in [0.5, 0.6) is 0 Å². The average Bonchev–Trinajstić information content (AvgIpc) is 2.22. The SMILES string of the molecule is Cc1ccc(F)c(C(O)(C(C)N)C(F)(F)F)c1F. The Hall–Kier alpha value is -1.21. The van der Waals surface area contributed by atoms with Gasteiger partial charge in [0.2, 0.25) is 5.60 Å². The first-order chi connectivity index (χ1) is 8.03. The number of halogens is 5. The van der Waals surface area contributed by atoms with Crippen molar-refractivity contribution in [3.63, 3.8) is 0 Å². The standard InChI is InChI=1S/C11H12F5NO/c1-5-3-4-7(12)8(9(5)13)10(18,6(2)17)11(14,15)16/h3-4,6,18H,17H2,1-2H3. The van der Waals surface area contributed by atoms with Crippen molar-refractivity contribution in [2.75, 3.05) is 0 Å². The van der Waals surface area contributed by atoms with Crippen LogP contribution in [0.1, 0.15) is 18.1 Å². The van der Waals surface area contributed by atoms with Crippen molar-refractivity contribution in [1.29, 1.82) is 0 Å². The van der Waals surface area contributed by atoms with E-state index in [0.29, 0.717) is 6.07 Å². The van der Waals surface area contributed by atoms with Gasteiger partial charge >= 0.3 is 6.18 Å². The number of aryl methyl sites for hydroxylation is 1. The third-order valence-corrected chi connectivity index (χ3v) is 2.76. The summed E-state index contributed by atoms with van der Waals surface area (Å²) in [6, 6.07) is -0.290.